The minimum Gasteiger partial charge on any atom is -0.489 e. The quantitative estimate of drug-likeness (QED) is 0.925. The molecule has 0 amide bonds. The Balaban J connectivity index is 1.96. The van der Waals surface area contributed by atoms with E-state index >= 15 is 0 Å². The third-order valence-electron chi connectivity index (χ3n) is 2.44. The van der Waals surface area contributed by atoms with Gasteiger partial charge in [0, 0.05) is 17.6 Å². The standard InChI is InChI=1S/C13H12ClFN2O/c14-11-4-3-10(15)8-9(11)5-7-18-12-2-1-6-17-13(12)16/h1-4,6,8H,5,7H2,(H2,16,17). The topological polar surface area (TPSA) is 48.1 Å². The monoisotopic (exact) mass is 266 g/mol. The molecule has 0 saturated carbocycles. The summed E-state index contributed by atoms with van der Waals surface area (Å²) < 4.78 is 18.5. The van der Waals surface area contributed by atoms with Crippen LogP contribution in [0, 0.1) is 5.82 Å². The maximum Gasteiger partial charge on any atom is 0.166 e. The van der Waals surface area contributed by atoms with Crippen molar-refractivity contribution in [3.8, 4) is 5.75 Å². The van der Waals surface area contributed by atoms with Crippen molar-refractivity contribution in [2.24, 2.45) is 0 Å². The van der Waals surface area contributed by atoms with Gasteiger partial charge in [0.05, 0.1) is 6.61 Å². The highest BCUT2D eigenvalue weighted by Crippen LogP contribution is 2.20. The molecule has 1 heterocycles. The van der Waals surface area contributed by atoms with Crippen LogP contribution >= 0.6 is 11.6 Å². The molecule has 0 aliphatic heterocycles. The van der Waals surface area contributed by atoms with Crippen molar-refractivity contribution >= 4 is 17.4 Å². The zero-order chi connectivity index (χ0) is 13.0. The highest BCUT2D eigenvalue weighted by atomic mass is 35.5. The third kappa shape index (κ3) is 3.11. The van der Waals surface area contributed by atoms with Gasteiger partial charge in [-0.2, -0.15) is 0 Å². The zero-order valence-corrected chi connectivity index (χ0v) is 10.3. The molecule has 0 spiro atoms. The molecule has 3 nitrogen and oxygen atoms in total. The molecule has 0 aliphatic rings. The molecular weight excluding hydrogens is 255 g/mol. The molecule has 2 rings (SSSR count). The highest BCUT2D eigenvalue weighted by molar-refractivity contribution is 6.31. The van der Waals surface area contributed by atoms with E-state index in [2.05, 4.69) is 4.98 Å². The molecule has 18 heavy (non-hydrogen) atoms. The van der Waals surface area contributed by atoms with Crippen LogP contribution in [0.4, 0.5) is 10.2 Å². The summed E-state index contributed by atoms with van der Waals surface area (Å²) in [6.45, 7) is 0.360. The Bertz CT molecular complexity index is 548. The van der Waals surface area contributed by atoms with Crippen LogP contribution in [0.1, 0.15) is 5.56 Å². The van der Waals surface area contributed by atoms with Gasteiger partial charge in [-0.1, -0.05) is 11.6 Å². The summed E-state index contributed by atoms with van der Waals surface area (Å²) in [6, 6.07) is 7.73. The lowest BCUT2D eigenvalue weighted by Crippen LogP contribution is -2.04. The van der Waals surface area contributed by atoms with Crippen LogP contribution in [0.3, 0.4) is 0 Å². The van der Waals surface area contributed by atoms with Gasteiger partial charge in [0.2, 0.25) is 0 Å². The molecule has 5 heteroatoms. The minimum atomic E-state index is -0.310. The maximum atomic E-state index is 13.0. The molecule has 0 radical (unpaired) electrons. The lowest BCUT2D eigenvalue weighted by molar-refractivity contribution is 0.322. The number of hydrogen-bond acceptors (Lipinski definition) is 3. The van der Waals surface area contributed by atoms with E-state index < -0.39 is 0 Å². The minimum absolute atomic E-state index is 0.310. The first-order valence-corrected chi connectivity index (χ1v) is 5.82. The van der Waals surface area contributed by atoms with Crippen LogP contribution in [0.25, 0.3) is 0 Å². The van der Waals surface area contributed by atoms with Gasteiger partial charge in [0.15, 0.2) is 11.6 Å². The Morgan fingerprint density at radius 1 is 1.33 bits per heavy atom. The van der Waals surface area contributed by atoms with E-state index in [9.17, 15) is 4.39 Å². The molecule has 2 N–H and O–H groups in total. The van der Waals surface area contributed by atoms with Crippen LogP contribution in [-0.4, -0.2) is 11.6 Å². The van der Waals surface area contributed by atoms with E-state index in [0.717, 1.165) is 0 Å². The summed E-state index contributed by atoms with van der Waals surface area (Å²) in [7, 11) is 0. The summed E-state index contributed by atoms with van der Waals surface area (Å²) in [6.07, 6.45) is 2.09. The lowest BCUT2D eigenvalue weighted by Gasteiger charge is -2.08. The van der Waals surface area contributed by atoms with Gasteiger partial charge in [-0.15, -0.1) is 0 Å². The van der Waals surface area contributed by atoms with Gasteiger partial charge in [-0.25, -0.2) is 9.37 Å². The summed E-state index contributed by atoms with van der Waals surface area (Å²) in [5.41, 5.74) is 6.34. The van der Waals surface area contributed by atoms with E-state index in [1.807, 2.05) is 0 Å². The van der Waals surface area contributed by atoms with Crippen LogP contribution in [-0.2, 0) is 6.42 Å². The number of nitrogens with two attached hydrogens (primary N) is 1. The Labute approximate surface area is 109 Å². The van der Waals surface area contributed by atoms with E-state index in [1.54, 1.807) is 18.3 Å². The Kier molecular flexibility index (Phi) is 3.99. The summed E-state index contributed by atoms with van der Waals surface area (Å²) in [5, 5.41) is 0.527. The molecule has 2 aromatic rings. The predicted octanol–water partition coefficient (Wildman–Crippen LogP) is 3.08. The number of aromatic nitrogens is 1. The van der Waals surface area contributed by atoms with Crippen LogP contribution < -0.4 is 10.5 Å². The second kappa shape index (κ2) is 5.69. The van der Waals surface area contributed by atoms with E-state index in [1.165, 1.54) is 18.2 Å². The zero-order valence-electron chi connectivity index (χ0n) is 9.57. The van der Waals surface area contributed by atoms with Crippen molar-refractivity contribution < 1.29 is 9.13 Å². The fourth-order valence-corrected chi connectivity index (χ4v) is 1.74. The largest absolute Gasteiger partial charge is 0.489 e. The number of anilines is 1. The number of nitrogens with zero attached hydrogens (tertiary/aromatic N) is 1. The molecule has 1 aromatic carbocycles. The molecule has 0 fully saturated rings. The molecule has 94 valence electrons. The molecular formula is C13H12ClFN2O. The number of hydrogen-bond donors (Lipinski definition) is 1. The summed E-state index contributed by atoms with van der Waals surface area (Å²) in [4.78, 5) is 3.90. The normalized spacial score (nSPS) is 10.3. The number of nitrogen functional groups attached to an aromatic ring is 1. The van der Waals surface area contributed by atoms with Crippen molar-refractivity contribution in [1.29, 1.82) is 0 Å². The Morgan fingerprint density at radius 3 is 2.94 bits per heavy atom. The summed E-state index contributed by atoms with van der Waals surface area (Å²) in [5.74, 6) is 0.545. The van der Waals surface area contributed by atoms with Gasteiger partial charge >= 0.3 is 0 Å². The van der Waals surface area contributed by atoms with E-state index in [-0.39, 0.29) is 5.82 Å². The molecule has 0 bridgehead atoms. The number of rotatable bonds is 4. The van der Waals surface area contributed by atoms with Gasteiger partial charge in [-0.05, 0) is 35.9 Å². The molecule has 0 saturated heterocycles. The average molecular weight is 267 g/mol. The molecule has 1 aromatic heterocycles. The summed E-state index contributed by atoms with van der Waals surface area (Å²) >= 11 is 5.95. The second-order valence-electron chi connectivity index (χ2n) is 3.72. The van der Waals surface area contributed by atoms with E-state index in [4.69, 9.17) is 22.1 Å². The molecule has 0 aliphatic carbocycles. The number of pyridine rings is 1. The average Bonchev–Trinajstić information content (AvgIpc) is 2.36. The number of benzene rings is 1. The first kappa shape index (κ1) is 12.6. The van der Waals surface area contributed by atoms with E-state index in [0.29, 0.717) is 35.2 Å². The number of ether oxygens (including phenoxy) is 1. The number of halogens is 2. The van der Waals surface area contributed by atoms with Crippen molar-refractivity contribution in [1.82, 2.24) is 4.98 Å². The van der Waals surface area contributed by atoms with Gasteiger partial charge in [-0.3, -0.25) is 0 Å². The van der Waals surface area contributed by atoms with Gasteiger partial charge in [0.25, 0.3) is 0 Å². The first-order chi connectivity index (χ1) is 8.66. The molecule has 0 unspecified atom stereocenters. The Hall–Kier alpha value is -1.81. The predicted molar refractivity (Wildman–Crippen MR) is 69.3 cm³/mol. The lowest BCUT2D eigenvalue weighted by atomic mass is 10.1. The van der Waals surface area contributed by atoms with Crippen molar-refractivity contribution in [3.05, 3.63) is 52.9 Å². The third-order valence-corrected chi connectivity index (χ3v) is 2.81. The van der Waals surface area contributed by atoms with Crippen LogP contribution in [0.5, 0.6) is 5.75 Å². The van der Waals surface area contributed by atoms with Gasteiger partial charge in [0.1, 0.15) is 5.82 Å². The maximum absolute atomic E-state index is 13.0. The van der Waals surface area contributed by atoms with Crippen LogP contribution in [0.15, 0.2) is 36.5 Å². The highest BCUT2D eigenvalue weighted by Gasteiger charge is 2.04. The molecule has 0 atom stereocenters. The first-order valence-electron chi connectivity index (χ1n) is 5.44. The second-order valence-corrected chi connectivity index (χ2v) is 4.13. The van der Waals surface area contributed by atoms with Crippen molar-refractivity contribution in [2.45, 2.75) is 6.42 Å². The van der Waals surface area contributed by atoms with Gasteiger partial charge < -0.3 is 10.5 Å². The fourth-order valence-electron chi connectivity index (χ4n) is 1.53. The van der Waals surface area contributed by atoms with Crippen molar-refractivity contribution in [3.63, 3.8) is 0 Å². The Morgan fingerprint density at radius 2 is 2.17 bits per heavy atom. The van der Waals surface area contributed by atoms with Crippen LogP contribution in [0.2, 0.25) is 5.02 Å². The SMILES string of the molecule is Nc1ncccc1OCCc1cc(F)ccc1Cl. The van der Waals surface area contributed by atoms with Crippen molar-refractivity contribution in [2.75, 3.05) is 12.3 Å². The fraction of sp³-hybridized carbons (Fsp3) is 0.154. The smallest absolute Gasteiger partial charge is 0.166 e.